The first-order valence-corrected chi connectivity index (χ1v) is 7.94. The number of nitrogens with one attached hydrogen (secondary N) is 1. The number of nitrogens with zero attached hydrogens (tertiary/aromatic N) is 1. The van der Waals surface area contributed by atoms with E-state index in [1.54, 1.807) is 12.1 Å². The van der Waals surface area contributed by atoms with E-state index in [-0.39, 0.29) is 5.82 Å². The largest absolute Gasteiger partial charge is 0.331 e. The molecule has 3 rings (SSSR count). The highest BCUT2D eigenvalue weighted by Gasteiger charge is 2.64. The molecule has 5 heteroatoms. The molecule has 0 bridgehead atoms. The molecule has 1 fully saturated rings. The van der Waals surface area contributed by atoms with Crippen LogP contribution in [0.4, 0.5) is 4.39 Å². The third kappa shape index (κ3) is 1.82. The van der Waals surface area contributed by atoms with Crippen LogP contribution >= 0.6 is 28.1 Å². The van der Waals surface area contributed by atoms with E-state index in [2.05, 4.69) is 48.6 Å². The summed E-state index contributed by atoms with van der Waals surface area (Å²) in [6.45, 7) is 9.97. The average molecular weight is 357 g/mol. The van der Waals surface area contributed by atoms with Crippen molar-refractivity contribution in [3.8, 4) is 0 Å². The lowest BCUT2D eigenvalue weighted by atomic mass is 10.0. The van der Waals surface area contributed by atoms with E-state index in [0.29, 0.717) is 26.0 Å². The molecule has 1 aromatic carbocycles. The van der Waals surface area contributed by atoms with E-state index in [0.717, 1.165) is 17.6 Å². The molecule has 20 heavy (non-hydrogen) atoms. The van der Waals surface area contributed by atoms with Crippen LogP contribution in [0.2, 0.25) is 0 Å². The SMILES string of the molecule is CC1(C)C(Cn2c(=S)[nH]c3cc(Br)c(F)cc32)C1(C)C. The monoisotopic (exact) mass is 356 g/mol. The molecule has 108 valence electrons. The van der Waals surface area contributed by atoms with Crippen LogP contribution in [-0.2, 0) is 6.54 Å². The standard InChI is InChI=1S/C15H18BrFN2S/c1-14(2)12(15(14,3)4)7-19-11-6-9(17)8(16)5-10(11)18-13(19)20/h5-6,12H,7H2,1-4H3,(H,18,20). The summed E-state index contributed by atoms with van der Waals surface area (Å²) in [7, 11) is 0. The van der Waals surface area contributed by atoms with Crippen LogP contribution in [-0.4, -0.2) is 9.55 Å². The summed E-state index contributed by atoms with van der Waals surface area (Å²) < 4.78 is 16.9. The van der Waals surface area contributed by atoms with Gasteiger partial charge in [0.2, 0.25) is 0 Å². The van der Waals surface area contributed by atoms with Crippen LogP contribution in [0.5, 0.6) is 0 Å². The molecule has 2 nitrogen and oxygen atoms in total. The maximum atomic E-state index is 13.8. The summed E-state index contributed by atoms with van der Waals surface area (Å²) in [4.78, 5) is 3.16. The van der Waals surface area contributed by atoms with E-state index in [1.807, 2.05) is 4.57 Å². The molecule has 1 heterocycles. The molecule has 1 aliphatic carbocycles. The van der Waals surface area contributed by atoms with E-state index in [9.17, 15) is 4.39 Å². The molecule has 1 aromatic heterocycles. The fraction of sp³-hybridized carbons (Fsp3) is 0.533. The van der Waals surface area contributed by atoms with Crippen molar-refractivity contribution in [3.63, 3.8) is 0 Å². The van der Waals surface area contributed by atoms with Gasteiger partial charge in [0.15, 0.2) is 4.77 Å². The van der Waals surface area contributed by atoms with E-state index < -0.39 is 0 Å². The van der Waals surface area contributed by atoms with Crippen LogP contribution in [0, 0.1) is 27.3 Å². The predicted molar refractivity (Wildman–Crippen MR) is 85.8 cm³/mol. The van der Waals surface area contributed by atoms with E-state index >= 15 is 0 Å². The van der Waals surface area contributed by atoms with Crippen LogP contribution in [0.3, 0.4) is 0 Å². The Kier molecular flexibility index (Phi) is 2.97. The first-order valence-electron chi connectivity index (χ1n) is 6.74. The fourth-order valence-corrected chi connectivity index (χ4v) is 3.93. The lowest BCUT2D eigenvalue weighted by Gasteiger charge is -2.06. The summed E-state index contributed by atoms with van der Waals surface area (Å²) in [5.41, 5.74) is 2.30. The Morgan fingerprint density at radius 1 is 1.30 bits per heavy atom. The number of H-pyrrole nitrogens is 1. The smallest absolute Gasteiger partial charge is 0.178 e. The van der Waals surface area contributed by atoms with Crippen molar-refractivity contribution in [3.05, 3.63) is 27.2 Å². The minimum absolute atomic E-state index is 0.255. The van der Waals surface area contributed by atoms with Gasteiger partial charge in [-0.1, -0.05) is 27.7 Å². The number of benzene rings is 1. The third-order valence-corrected chi connectivity index (χ3v) is 6.43. The quantitative estimate of drug-likeness (QED) is 0.725. The molecular formula is C15H18BrFN2S. The molecule has 1 N–H and O–H groups in total. The predicted octanol–water partition coefficient (Wildman–Crippen LogP) is 5.28. The number of aromatic amines is 1. The Morgan fingerprint density at radius 2 is 1.90 bits per heavy atom. The Balaban J connectivity index is 2.07. The molecule has 0 amide bonds. The van der Waals surface area contributed by atoms with Gasteiger partial charge in [0.25, 0.3) is 0 Å². The zero-order valence-electron chi connectivity index (χ0n) is 12.1. The molecule has 0 atom stereocenters. The Hall–Kier alpha value is -0.680. The Labute approximate surface area is 131 Å². The van der Waals surface area contributed by atoms with Crippen molar-refractivity contribution in [2.24, 2.45) is 16.7 Å². The third-order valence-electron chi connectivity index (χ3n) is 5.50. The van der Waals surface area contributed by atoms with Crippen molar-refractivity contribution in [2.45, 2.75) is 34.2 Å². The van der Waals surface area contributed by atoms with Crippen molar-refractivity contribution >= 4 is 39.2 Å². The van der Waals surface area contributed by atoms with Crippen molar-refractivity contribution in [2.75, 3.05) is 0 Å². The molecule has 2 aromatic rings. The molecule has 0 spiro atoms. The summed E-state index contributed by atoms with van der Waals surface area (Å²) in [6, 6.07) is 3.30. The highest BCUT2D eigenvalue weighted by atomic mass is 79.9. The number of rotatable bonds is 2. The van der Waals surface area contributed by atoms with Crippen LogP contribution in [0.1, 0.15) is 27.7 Å². The summed E-state index contributed by atoms with van der Waals surface area (Å²) in [6.07, 6.45) is 0. The van der Waals surface area contributed by atoms with Gasteiger partial charge in [-0.2, -0.15) is 0 Å². The number of imidazole rings is 1. The highest BCUT2D eigenvalue weighted by Crippen LogP contribution is 2.68. The van der Waals surface area contributed by atoms with Crippen LogP contribution in [0.15, 0.2) is 16.6 Å². The molecule has 1 saturated carbocycles. The van der Waals surface area contributed by atoms with Crippen molar-refractivity contribution in [1.82, 2.24) is 9.55 Å². The number of hydrogen-bond donors (Lipinski definition) is 1. The molecule has 0 radical (unpaired) electrons. The van der Waals surface area contributed by atoms with Gasteiger partial charge in [0.05, 0.1) is 15.5 Å². The summed E-state index contributed by atoms with van der Waals surface area (Å²) in [5.74, 6) is 0.293. The lowest BCUT2D eigenvalue weighted by molar-refractivity contribution is 0.457. The van der Waals surface area contributed by atoms with Gasteiger partial charge in [0, 0.05) is 12.6 Å². The zero-order chi connectivity index (χ0) is 14.9. The number of hydrogen-bond acceptors (Lipinski definition) is 1. The highest BCUT2D eigenvalue weighted by molar-refractivity contribution is 9.10. The van der Waals surface area contributed by atoms with Crippen LogP contribution < -0.4 is 0 Å². The van der Waals surface area contributed by atoms with Gasteiger partial charge in [-0.05, 0) is 51.0 Å². The second kappa shape index (κ2) is 4.17. The topological polar surface area (TPSA) is 20.7 Å². The molecule has 0 aliphatic heterocycles. The van der Waals surface area contributed by atoms with Gasteiger partial charge in [-0.15, -0.1) is 0 Å². The average Bonchev–Trinajstić information content (AvgIpc) is 2.60. The molecular weight excluding hydrogens is 339 g/mol. The van der Waals surface area contributed by atoms with Gasteiger partial charge in [-0.25, -0.2) is 4.39 Å². The second-order valence-electron chi connectivity index (χ2n) is 6.82. The van der Waals surface area contributed by atoms with Gasteiger partial charge < -0.3 is 9.55 Å². The maximum absolute atomic E-state index is 13.8. The molecule has 1 aliphatic rings. The summed E-state index contributed by atoms with van der Waals surface area (Å²) >= 11 is 8.62. The first kappa shape index (κ1) is 14.3. The van der Waals surface area contributed by atoms with Gasteiger partial charge >= 0.3 is 0 Å². The number of halogens is 2. The van der Waals surface area contributed by atoms with Crippen molar-refractivity contribution < 1.29 is 4.39 Å². The molecule has 0 saturated heterocycles. The lowest BCUT2D eigenvalue weighted by Crippen LogP contribution is -2.04. The van der Waals surface area contributed by atoms with E-state index in [1.165, 1.54) is 0 Å². The maximum Gasteiger partial charge on any atom is 0.178 e. The van der Waals surface area contributed by atoms with Gasteiger partial charge in [0.1, 0.15) is 5.82 Å². The van der Waals surface area contributed by atoms with E-state index in [4.69, 9.17) is 12.2 Å². The molecule has 0 unspecified atom stereocenters. The van der Waals surface area contributed by atoms with Crippen LogP contribution in [0.25, 0.3) is 11.0 Å². The first-order chi connectivity index (χ1) is 9.16. The Morgan fingerprint density at radius 3 is 2.45 bits per heavy atom. The normalized spacial score (nSPS) is 20.5. The second-order valence-corrected chi connectivity index (χ2v) is 8.06. The minimum atomic E-state index is -0.255. The summed E-state index contributed by atoms with van der Waals surface area (Å²) in [5, 5.41) is 0. The number of fused-ring (bicyclic) bond motifs is 1. The number of aromatic nitrogens is 2. The minimum Gasteiger partial charge on any atom is -0.331 e. The van der Waals surface area contributed by atoms with Gasteiger partial charge in [-0.3, -0.25) is 0 Å². The van der Waals surface area contributed by atoms with Crippen molar-refractivity contribution in [1.29, 1.82) is 0 Å². The fourth-order valence-electron chi connectivity index (χ4n) is 3.31. The zero-order valence-corrected chi connectivity index (χ0v) is 14.5. The Bertz CT molecular complexity index is 743.